The van der Waals surface area contributed by atoms with Gasteiger partial charge in [-0.3, -0.25) is 9.59 Å². The van der Waals surface area contributed by atoms with E-state index >= 15 is 0 Å². The van der Waals surface area contributed by atoms with E-state index in [0.29, 0.717) is 39.1 Å². The number of hydrogen-bond acceptors (Lipinski definition) is 4. The molecule has 7 heteroatoms. The van der Waals surface area contributed by atoms with Gasteiger partial charge in [0.05, 0.1) is 18.6 Å². The van der Waals surface area contributed by atoms with Crippen molar-refractivity contribution in [3.05, 3.63) is 35.9 Å². The van der Waals surface area contributed by atoms with Crippen LogP contribution in [0.2, 0.25) is 0 Å². The molecule has 1 saturated heterocycles. The van der Waals surface area contributed by atoms with Crippen LogP contribution in [0.5, 0.6) is 0 Å². The van der Waals surface area contributed by atoms with Crippen molar-refractivity contribution in [3.8, 4) is 0 Å². The second-order valence-corrected chi connectivity index (χ2v) is 9.12. The van der Waals surface area contributed by atoms with Gasteiger partial charge < -0.3 is 19.9 Å². The molecule has 0 bridgehead atoms. The Morgan fingerprint density at radius 3 is 2.32 bits per heavy atom. The van der Waals surface area contributed by atoms with E-state index in [1.807, 2.05) is 58.0 Å². The molecule has 1 unspecified atom stereocenters. The lowest BCUT2D eigenvalue weighted by molar-refractivity contribution is -0.151. The Labute approximate surface area is 186 Å². The van der Waals surface area contributed by atoms with Gasteiger partial charge in [-0.15, -0.1) is 0 Å². The van der Waals surface area contributed by atoms with E-state index in [1.165, 1.54) is 0 Å². The Balaban J connectivity index is 1.98. The molecule has 3 amide bonds. The highest BCUT2D eigenvalue weighted by atomic mass is 16.5. The lowest BCUT2D eigenvalue weighted by Crippen LogP contribution is -2.50. The summed E-state index contributed by atoms with van der Waals surface area (Å²) in [7, 11) is 0. The zero-order valence-electron chi connectivity index (χ0n) is 19.5. The fourth-order valence-corrected chi connectivity index (χ4v) is 3.77. The summed E-state index contributed by atoms with van der Waals surface area (Å²) in [6, 6.07) is 9.48. The van der Waals surface area contributed by atoms with Crippen LogP contribution < -0.4 is 5.32 Å². The summed E-state index contributed by atoms with van der Waals surface area (Å²) in [6.07, 6.45) is 1.50. The minimum Gasteiger partial charge on any atom is -0.466 e. The van der Waals surface area contributed by atoms with Crippen molar-refractivity contribution >= 4 is 17.9 Å². The van der Waals surface area contributed by atoms with Gasteiger partial charge in [-0.1, -0.05) is 30.3 Å². The normalized spacial score (nSPS) is 15.8. The van der Waals surface area contributed by atoms with Gasteiger partial charge in [0.15, 0.2) is 0 Å². The second-order valence-electron chi connectivity index (χ2n) is 9.12. The van der Waals surface area contributed by atoms with Crippen LogP contribution in [0.3, 0.4) is 0 Å². The molecule has 0 radical (unpaired) electrons. The second kappa shape index (κ2) is 11.2. The highest BCUT2D eigenvalue weighted by Crippen LogP contribution is 2.23. The molecule has 0 aliphatic carbocycles. The topological polar surface area (TPSA) is 79.0 Å². The van der Waals surface area contributed by atoms with Crippen LogP contribution in [0, 0.1) is 5.92 Å². The van der Waals surface area contributed by atoms with Crippen molar-refractivity contribution in [1.29, 1.82) is 0 Å². The molecule has 172 valence electrons. The number of urea groups is 1. The number of piperidine rings is 1. The summed E-state index contributed by atoms with van der Waals surface area (Å²) in [5, 5.41) is 3.01. The molecule has 1 aliphatic heterocycles. The number of nitrogens with zero attached hydrogens (tertiary/aromatic N) is 2. The summed E-state index contributed by atoms with van der Waals surface area (Å²) < 4.78 is 5.10. The molecule has 1 fully saturated rings. The third kappa shape index (κ3) is 7.56. The third-order valence-electron chi connectivity index (χ3n) is 5.53. The number of likely N-dealkylation sites (tertiary alicyclic amines) is 1. The number of esters is 1. The first kappa shape index (κ1) is 24.7. The molecule has 1 N–H and O–H groups in total. The van der Waals surface area contributed by atoms with Crippen LogP contribution in [-0.4, -0.2) is 59.5 Å². The molecule has 0 spiro atoms. The zero-order chi connectivity index (χ0) is 23.0. The minimum atomic E-state index is -0.370. The van der Waals surface area contributed by atoms with Crippen molar-refractivity contribution in [1.82, 2.24) is 15.1 Å². The minimum absolute atomic E-state index is 0.0103. The fraction of sp³-hybridized carbons (Fsp3) is 0.625. The maximum absolute atomic E-state index is 13.0. The summed E-state index contributed by atoms with van der Waals surface area (Å²) in [4.78, 5) is 41.2. The summed E-state index contributed by atoms with van der Waals surface area (Å²) in [6.45, 7) is 11.4. The van der Waals surface area contributed by atoms with Crippen molar-refractivity contribution in [2.75, 3.05) is 26.2 Å². The Bertz CT molecular complexity index is 737. The highest BCUT2D eigenvalue weighted by Gasteiger charge is 2.30. The largest absolute Gasteiger partial charge is 0.466 e. The fourth-order valence-electron chi connectivity index (χ4n) is 3.77. The average molecular weight is 432 g/mol. The maximum Gasteiger partial charge on any atom is 0.318 e. The van der Waals surface area contributed by atoms with E-state index < -0.39 is 0 Å². The number of nitrogens with one attached hydrogen (secondary N) is 1. The Kier molecular flexibility index (Phi) is 8.89. The zero-order valence-corrected chi connectivity index (χ0v) is 19.5. The van der Waals surface area contributed by atoms with Gasteiger partial charge in [-0.2, -0.15) is 0 Å². The van der Waals surface area contributed by atoms with Gasteiger partial charge in [-0.25, -0.2) is 4.79 Å². The highest BCUT2D eigenvalue weighted by molar-refractivity contribution is 5.79. The molecular formula is C24H37N3O4. The van der Waals surface area contributed by atoms with Gasteiger partial charge in [0.25, 0.3) is 0 Å². The molecule has 0 saturated carbocycles. The Morgan fingerprint density at radius 1 is 1.16 bits per heavy atom. The number of carbonyl (C=O) groups is 3. The van der Waals surface area contributed by atoms with Crippen molar-refractivity contribution < 1.29 is 19.1 Å². The quantitative estimate of drug-likeness (QED) is 0.667. The molecular weight excluding hydrogens is 394 g/mol. The lowest BCUT2D eigenvalue weighted by Gasteiger charge is -2.34. The summed E-state index contributed by atoms with van der Waals surface area (Å²) >= 11 is 0. The summed E-state index contributed by atoms with van der Waals surface area (Å²) in [5.41, 5.74) is 0.652. The number of carbonyl (C=O) groups excluding carboxylic acids is 3. The SMILES string of the molecule is CCOC(=O)C1CCN(C(=O)CCN(C(=O)NC(C)(C)C)C(C)c2ccccc2)CC1. The number of amides is 3. The van der Waals surface area contributed by atoms with Crippen LogP contribution in [0.15, 0.2) is 30.3 Å². The van der Waals surface area contributed by atoms with E-state index in [-0.39, 0.29) is 41.8 Å². The van der Waals surface area contributed by atoms with E-state index in [1.54, 1.807) is 16.7 Å². The molecule has 1 atom stereocenters. The van der Waals surface area contributed by atoms with E-state index in [9.17, 15) is 14.4 Å². The van der Waals surface area contributed by atoms with E-state index in [2.05, 4.69) is 5.32 Å². The van der Waals surface area contributed by atoms with Gasteiger partial charge in [0.1, 0.15) is 0 Å². The summed E-state index contributed by atoms with van der Waals surface area (Å²) in [5.74, 6) is -0.288. The molecule has 1 aromatic carbocycles. The monoisotopic (exact) mass is 431 g/mol. The van der Waals surface area contributed by atoms with Crippen LogP contribution in [-0.2, 0) is 14.3 Å². The molecule has 0 aromatic heterocycles. The lowest BCUT2D eigenvalue weighted by atomic mass is 9.97. The van der Waals surface area contributed by atoms with Gasteiger partial charge in [0.2, 0.25) is 5.91 Å². The molecule has 1 aliphatic rings. The predicted octanol–water partition coefficient (Wildman–Crippen LogP) is 3.75. The number of benzene rings is 1. The van der Waals surface area contributed by atoms with Crippen LogP contribution in [0.25, 0.3) is 0 Å². The van der Waals surface area contributed by atoms with E-state index in [4.69, 9.17) is 4.74 Å². The van der Waals surface area contributed by atoms with Crippen LogP contribution in [0.1, 0.15) is 65.5 Å². The van der Waals surface area contributed by atoms with Gasteiger partial charge in [-0.05, 0) is 53.0 Å². The first-order valence-corrected chi connectivity index (χ1v) is 11.2. The van der Waals surface area contributed by atoms with Crippen molar-refractivity contribution in [2.45, 2.75) is 65.5 Å². The van der Waals surface area contributed by atoms with Gasteiger partial charge in [0, 0.05) is 31.6 Å². The number of hydrogen-bond donors (Lipinski definition) is 1. The molecule has 7 nitrogen and oxygen atoms in total. The standard InChI is InChI=1S/C24H37N3O4/c1-6-31-22(29)20-12-15-26(16-13-20)21(28)14-17-27(23(30)25-24(3,4)5)18(2)19-10-8-7-9-11-19/h7-11,18,20H,6,12-17H2,1-5H3,(H,25,30). The maximum atomic E-state index is 13.0. The average Bonchev–Trinajstić information content (AvgIpc) is 2.73. The van der Waals surface area contributed by atoms with Crippen LogP contribution >= 0.6 is 0 Å². The van der Waals surface area contributed by atoms with Crippen LogP contribution in [0.4, 0.5) is 4.79 Å². The first-order valence-electron chi connectivity index (χ1n) is 11.2. The smallest absolute Gasteiger partial charge is 0.318 e. The van der Waals surface area contributed by atoms with Crippen molar-refractivity contribution in [2.24, 2.45) is 5.92 Å². The number of rotatable bonds is 7. The molecule has 2 rings (SSSR count). The van der Waals surface area contributed by atoms with Crippen molar-refractivity contribution in [3.63, 3.8) is 0 Å². The molecule has 1 heterocycles. The van der Waals surface area contributed by atoms with E-state index in [0.717, 1.165) is 5.56 Å². The molecule has 1 aromatic rings. The third-order valence-corrected chi connectivity index (χ3v) is 5.53. The number of ether oxygens (including phenoxy) is 1. The predicted molar refractivity (Wildman–Crippen MR) is 120 cm³/mol. The Morgan fingerprint density at radius 2 is 1.77 bits per heavy atom. The van der Waals surface area contributed by atoms with Gasteiger partial charge >= 0.3 is 12.0 Å². The Hall–Kier alpha value is -2.57. The molecule has 31 heavy (non-hydrogen) atoms. The first-order chi connectivity index (χ1) is 14.6.